The van der Waals surface area contributed by atoms with Crippen LogP contribution in [0.2, 0.25) is 0 Å². The number of aryl methyl sites for hydroxylation is 2. The summed E-state index contributed by atoms with van der Waals surface area (Å²) in [6.07, 6.45) is 3.25. The molecule has 2 aromatic heterocycles. The standard InChI is InChI=1S/C50H34F12S4/c1-23-33(25(3)63-39(23)28-16-11-8-12-17-28)35-36(46(53,54)49(59,60)45(35,51)52)34-24(2)40(64-26(34)4)30-19-13-18-29(20-30)32-22-44(6)42(66-32)38-37(47(55,56)50(61,62)48(38,57)58)41-43(44,5)21-31(65-41)27-14-9-7-10-15-27/h7-22H,1-6H3. The van der Waals surface area contributed by atoms with Crippen molar-refractivity contribution in [1.82, 2.24) is 0 Å². The Bertz CT molecular complexity index is 3110. The lowest BCUT2D eigenvalue weighted by molar-refractivity contribution is -0.258. The molecule has 0 bridgehead atoms. The highest BCUT2D eigenvalue weighted by molar-refractivity contribution is 8.12. The maximum atomic E-state index is 16.4. The molecule has 342 valence electrons. The van der Waals surface area contributed by atoms with Gasteiger partial charge in [0.25, 0.3) is 0 Å². The molecule has 0 radical (unpaired) electrons. The molecule has 5 aliphatic rings. The summed E-state index contributed by atoms with van der Waals surface area (Å²) in [4.78, 5) is 0.894. The van der Waals surface area contributed by atoms with Crippen molar-refractivity contribution in [3.8, 4) is 20.9 Å². The first-order valence-electron chi connectivity index (χ1n) is 20.4. The van der Waals surface area contributed by atoms with Crippen LogP contribution in [0.25, 0.3) is 41.8 Å². The predicted octanol–water partition coefficient (Wildman–Crippen LogP) is 17.5. The van der Waals surface area contributed by atoms with E-state index in [4.69, 9.17) is 0 Å². The zero-order valence-electron chi connectivity index (χ0n) is 35.4. The summed E-state index contributed by atoms with van der Waals surface area (Å²) in [7, 11) is 0. The molecule has 3 aromatic carbocycles. The molecule has 1 fully saturated rings. The SMILES string of the molecule is Cc1sc(-c2ccccc2)c(C)c1C1=C(c2c(C)sc(-c3cccc(C4=CC5(C)C(=C6C(=C7SC(c8ccccc8)=CC75C)C(F)(F)C(F)(F)C6(F)F)S4)c3)c2C)C(F)(F)C(F)(F)C1(F)F. The van der Waals surface area contributed by atoms with Crippen LogP contribution in [-0.4, -0.2) is 35.5 Å². The van der Waals surface area contributed by atoms with Gasteiger partial charge >= 0.3 is 35.5 Å². The molecule has 3 aliphatic carbocycles. The van der Waals surface area contributed by atoms with Crippen molar-refractivity contribution in [3.63, 3.8) is 0 Å². The number of hydrogen-bond donors (Lipinski definition) is 0. The van der Waals surface area contributed by atoms with Crippen LogP contribution >= 0.6 is 46.2 Å². The molecule has 0 spiro atoms. The molecule has 5 aromatic rings. The quantitative estimate of drug-likeness (QED) is 0.156. The van der Waals surface area contributed by atoms with Gasteiger partial charge in [-0.15, -0.1) is 22.7 Å². The van der Waals surface area contributed by atoms with E-state index in [1.165, 1.54) is 27.7 Å². The third-order valence-corrected chi connectivity index (χ3v) is 19.0. The second-order valence-electron chi connectivity index (χ2n) is 17.5. The minimum Gasteiger partial charge on any atom is -0.194 e. The molecule has 2 unspecified atom stereocenters. The van der Waals surface area contributed by atoms with Crippen LogP contribution in [0.3, 0.4) is 0 Å². The number of allylic oxidation sites excluding steroid dienone is 8. The summed E-state index contributed by atoms with van der Waals surface area (Å²) >= 11 is 3.36. The summed E-state index contributed by atoms with van der Waals surface area (Å²) in [6, 6.07) is 23.3. The zero-order valence-corrected chi connectivity index (χ0v) is 38.7. The molecular formula is C50H34F12S4. The highest BCUT2D eigenvalue weighted by Gasteiger charge is 2.85. The number of rotatable bonds is 6. The van der Waals surface area contributed by atoms with E-state index < -0.39 is 74.2 Å². The molecular weight excluding hydrogens is 957 g/mol. The fraction of sp³-hybridized carbons (Fsp3) is 0.280. The molecule has 0 nitrogen and oxygen atoms in total. The van der Waals surface area contributed by atoms with Crippen LogP contribution in [0, 0.1) is 38.5 Å². The largest absolute Gasteiger partial charge is 0.380 e. The number of fused-ring (bicyclic) bond motifs is 4. The summed E-state index contributed by atoms with van der Waals surface area (Å²) in [6.45, 7) is 8.72. The van der Waals surface area contributed by atoms with E-state index in [2.05, 4.69) is 0 Å². The first-order chi connectivity index (χ1) is 30.7. The van der Waals surface area contributed by atoms with Crippen molar-refractivity contribution < 1.29 is 52.7 Å². The summed E-state index contributed by atoms with van der Waals surface area (Å²) < 4.78 is 192. The lowest BCUT2D eigenvalue weighted by Gasteiger charge is -2.45. The van der Waals surface area contributed by atoms with Gasteiger partial charge in [-0.25, -0.2) is 0 Å². The molecule has 2 aliphatic heterocycles. The van der Waals surface area contributed by atoms with Crippen molar-refractivity contribution in [1.29, 1.82) is 0 Å². The van der Waals surface area contributed by atoms with Gasteiger partial charge in [-0.05, 0) is 67.1 Å². The number of benzene rings is 3. The maximum Gasteiger partial charge on any atom is 0.380 e. The summed E-state index contributed by atoms with van der Waals surface area (Å²) in [5.74, 6) is -32.7. The van der Waals surface area contributed by atoms with Gasteiger partial charge in [0.1, 0.15) is 0 Å². The average Bonchev–Trinajstić information content (AvgIpc) is 4.02. The van der Waals surface area contributed by atoms with Gasteiger partial charge in [-0.1, -0.05) is 128 Å². The highest BCUT2D eigenvalue weighted by Crippen LogP contribution is 2.78. The lowest BCUT2D eigenvalue weighted by atomic mass is 9.60. The van der Waals surface area contributed by atoms with E-state index in [1.807, 2.05) is 0 Å². The predicted molar refractivity (Wildman–Crippen MR) is 243 cm³/mol. The number of alkyl halides is 12. The molecule has 4 heterocycles. The molecule has 0 N–H and O–H groups in total. The van der Waals surface area contributed by atoms with Gasteiger partial charge in [-0.3, -0.25) is 0 Å². The minimum atomic E-state index is -5.81. The van der Waals surface area contributed by atoms with Gasteiger partial charge in [0.15, 0.2) is 0 Å². The minimum absolute atomic E-state index is 0.00498. The molecule has 16 heteroatoms. The molecule has 0 amide bonds. The lowest BCUT2D eigenvalue weighted by Crippen LogP contribution is -2.49. The topological polar surface area (TPSA) is 0 Å². The monoisotopic (exact) mass is 990 g/mol. The van der Waals surface area contributed by atoms with Crippen LogP contribution in [0.5, 0.6) is 0 Å². The number of thioether (sulfide) groups is 2. The Morgan fingerprint density at radius 3 is 1.18 bits per heavy atom. The fourth-order valence-corrected chi connectivity index (χ4v) is 15.6. The Hall–Kier alpha value is -4.38. The van der Waals surface area contributed by atoms with Crippen LogP contribution in [0.15, 0.2) is 118 Å². The Kier molecular flexibility index (Phi) is 9.70. The van der Waals surface area contributed by atoms with Crippen molar-refractivity contribution in [3.05, 3.63) is 161 Å². The van der Waals surface area contributed by atoms with Crippen molar-refractivity contribution in [2.75, 3.05) is 0 Å². The maximum absolute atomic E-state index is 16.4. The first-order valence-corrected chi connectivity index (χ1v) is 23.7. The normalized spacial score (nSPS) is 26.2. The second kappa shape index (κ2) is 14.1. The smallest absolute Gasteiger partial charge is 0.194 e. The van der Waals surface area contributed by atoms with Crippen LogP contribution in [0.1, 0.15) is 57.0 Å². The first kappa shape index (κ1) is 45.4. The van der Waals surface area contributed by atoms with Gasteiger partial charge in [-0.2, -0.15) is 52.7 Å². The van der Waals surface area contributed by atoms with E-state index in [1.54, 1.807) is 111 Å². The highest BCUT2D eigenvalue weighted by atomic mass is 32.2. The van der Waals surface area contributed by atoms with Gasteiger partial charge < -0.3 is 0 Å². The van der Waals surface area contributed by atoms with Crippen molar-refractivity contribution in [2.45, 2.75) is 77.1 Å². The average molecular weight is 991 g/mol. The molecule has 66 heavy (non-hydrogen) atoms. The Labute approximate surface area is 387 Å². The number of hydrogen-bond acceptors (Lipinski definition) is 4. The van der Waals surface area contributed by atoms with E-state index in [0.717, 1.165) is 34.4 Å². The van der Waals surface area contributed by atoms with E-state index >= 15 is 52.7 Å². The second-order valence-corrected chi connectivity index (χ2v) is 22.1. The van der Waals surface area contributed by atoms with Crippen molar-refractivity contribution in [2.24, 2.45) is 10.8 Å². The molecule has 10 rings (SSSR count). The van der Waals surface area contributed by atoms with Gasteiger partial charge in [0.05, 0.1) is 0 Å². The molecule has 0 saturated heterocycles. The Morgan fingerprint density at radius 2 is 0.742 bits per heavy atom. The summed E-state index contributed by atoms with van der Waals surface area (Å²) in [5.41, 5.74) is -7.73. The third kappa shape index (κ3) is 5.52. The van der Waals surface area contributed by atoms with E-state index in [0.29, 0.717) is 43.8 Å². The third-order valence-electron chi connectivity index (χ3n) is 13.7. The zero-order chi connectivity index (χ0) is 47.7. The van der Waals surface area contributed by atoms with Crippen LogP contribution in [-0.2, 0) is 0 Å². The van der Waals surface area contributed by atoms with Crippen molar-refractivity contribution >= 4 is 67.2 Å². The Balaban J connectivity index is 1.12. The van der Waals surface area contributed by atoms with E-state index in [9.17, 15) is 0 Å². The van der Waals surface area contributed by atoms with E-state index in [-0.39, 0.29) is 46.0 Å². The number of halogens is 12. The fourth-order valence-electron chi connectivity index (χ4n) is 10.2. The summed E-state index contributed by atoms with van der Waals surface area (Å²) in [5, 5.41) is 0. The molecule has 1 saturated carbocycles. The van der Waals surface area contributed by atoms with Gasteiger partial charge in [0.2, 0.25) is 0 Å². The van der Waals surface area contributed by atoms with Crippen LogP contribution in [0.4, 0.5) is 52.7 Å². The van der Waals surface area contributed by atoms with Crippen LogP contribution < -0.4 is 0 Å². The van der Waals surface area contributed by atoms with Gasteiger partial charge in [0, 0.05) is 83.4 Å². The number of thiophene rings is 2. The Morgan fingerprint density at radius 1 is 0.394 bits per heavy atom. The molecule has 2 atom stereocenters.